The van der Waals surface area contributed by atoms with Crippen LogP contribution in [0.4, 0.5) is 0 Å². The van der Waals surface area contributed by atoms with Crippen LogP contribution in [0.5, 0.6) is 0 Å². The van der Waals surface area contributed by atoms with Crippen molar-refractivity contribution >= 4 is 0 Å². The second-order valence-corrected chi connectivity index (χ2v) is 4.41. The minimum absolute atomic E-state index is 0.399. The van der Waals surface area contributed by atoms with Crippen LogP contribution in [0.1, 0.15) is 19.3 Å². The molecule has 1 atom stereocenters. The summed E-state index contributed by atoms with van der Waals surface area (Å²) in [5, 5.41) is 3.36. The highest BCUT2D eigenvalue weighted by atomic mass is 16.5. The number of ether oxygens (including phenoxy) is 4. The number of rotatable bonds is 11. The Labute approximate surface area is 110 Å². The van der Waals surface area contributed by atoms with E-state index in [0.717, 1.165) is 26.3 Å². The molecule has 18 heavy (non-hydrogen) atoms. The maximum Gasteiger partial charge on any atom is 0.0701 e. The molecule has 0 bridgehead atoms. The lowest BCUT2D eigenvalue weighted by Gasteiger charge is -2.22. The third-order valence-electron chi connectivity index (χ3n) is 2.87. The van der Waals surface area contributed by atoms with Crippen molar-refractivity contribution in [3.8, 4) is 0 Å². The second-order valence-electron chi connectivity index (χ2n) is 4.41. The van der Waals surface area contributed by atoms with E-state index < -0.39 is 0 Å². The van der Waals surface area contributed by atoms with Crippen LogP contribution in [0.2, 0.25) is 0 Å². The second kappa shape index (κ2) is 11.9. The van der Waals surface area contributed by atoms with Gasteiger partial charge in [-0.15, -0.1) is 0 Å². The summed E-state index contributed by atoms with van der Waals surface area (Å²) in [5.41, 5.74) is 0. The van der Waals surface area contributed by atoms with Gasteiger partial charge in [-0.1, -0.05) is 0 Å². The van der Waals surface area contributed by atoms with Crippen molar-refractivity contribution in [2.45, 2.75) is 25.4 Å². The van der Waals surface area contributed by atoms with E-state index in [1.165, 1.54) is 19.3 Å². The number of methoxy groups -OCH3 is 1. The average molecular weight is 261 g/mol. The Morgan fingerprint density at radius 3 is 2.56 bits per heavy atom. The molecule has 0 aromatic carbocycles. The molecule has 108 valence electrons. The van der Waals surface area contributed by atoms with Gasteiger partial charge < -0.3 is 24.3 Å². The minimum atomic E-state index is 0.399. The van der Waals surface area contributed by atoms with Gasteiger partial charge in [-0.3, -0.25) is 0 Å². The standard InChI is InChI=1S/C13H27NO4/c1-15-8-9-17-11-10-16-7-5-14-12-13-4-2-3-6-18-13/h13-14H,2-12H2,1H3. The zero-order valence-electron chi connectivity index (χ0n) is 11.5. The maximum atomic E-state index is 5.63. The van der Waals surface area contributed by atoms with Crippen molar-refractivity contribution in [1.29, 1.82) is 0 Å². The normalized spacial score (nSPS) is 20.2. The van der Waals surface area contributed by atoms with Gasteiger partial charge in [0.2, 0.25) is 0 Å². The van der Waals surface area contributed by atoms with Crippen LogP contribution < -0.4 is 5.32 Å². The topological polar surface area (TPSA) is 49.0 Å². The summed E-state index contributed by atoms with van der Waals surface area (Å²) in [6.45, 7) is 6.01. The van der Waals surface area contributed by atoms with Gasteiger partial charge in [0.15, 0.2) is 0 Å². The zero-order chi connectivity index (χ0) is 12.9. The quantitative estimate of drug-likeness (QED) is 0.558. The van der Waals surface area contributed by atoms with Crippen molar-refractivity contribution in [2.75, 3.05) is 59.8 Å². The molecule has 5 nitrogen and oxygen atoms in total. The fourth-order valence-electron chi connectivity index (χ4n) is 1.84. The predicted octanol–water partition coefficient (Wildman–Crippen LogP) is 0.825. The van der Waals surface area contributed by atoms with Crippen molar-refractivity contribution in [3.05, 3.63) is 0 Å². The molecule has 5 heteroatoms. The van der Waals surface area contributed by atoms with E-state index in [0.29, 0.717) is 32.5 Å². The average Bonchev–Trinajstić information content (AvgIpc) is 2.42. The Hall–Kier alpha value is -0.200. The molecule has 0 radical (unpaired) electrons. The van der Waals surface area contributed by atoms with E-state index in [2.05, 4.69) is 5.32 Å². The molecule has 1 fully saturated rings. The summed E-state index contributed by atoms with van der Waals surface area (Å²) in [6.07, 6.45) is 4.09. The maximum absolute atomic E-state index is 5.63. The first-order chi connectivity index (χ1) is 8.93. The Morgan fingerprint density at radius 2 is 1.83 bits per heavy atom. The fraction of sp³-hybridized carbons (Fsp3) is 1.00. The molecule has 1 heterocycles. The molecular weight excluding hydrogens is 234 g/mol. The van der Waals surface area contributed by atoms with Crippen LogP contribution in [0.25, 0.3) is 0 Å². The van der Waals surface area contributed by atoms with Crippen LogP contribution in [-0.4, -0.2) is 65.9 Å². The highest BCUT2D eigenvalue weighted by molar-refractivity contribution is 4.65. The number of nitrogens with one attached hydrogen (secondary N) is 1. The molecule has 1 aliphatic rings. The minimum Gasteiger partial charge on any atom is -0.382 e. The van der Waals surface area contributed by atoms with Gasteiger partial charge >= 0.3 is 0 Å². The third-order valence-corrected chi connectivity index (χ3v) is 2.87. The van der Waals surface area contributed by atoms with Gasteiger partial charge in [-0.2, -0.15) is 0 Å². The van der Waals surface area contributed by atoms with E-state index in [1.807, 2.05) is 0 Å². The molecule has 0 aromatic heterocycles. The van der Waals surface area contributed by atoms with Gasteiger partial charge in [0.1, 0.15) is 0 Å². The molecule has 1 rings (SSSR count). The van der Waals surface area contributed by atoms with Crippen LogP contribution in [0.3, 0.4) is 0 Å². The van der Waals surface area contributed by atoms with Gasteiger partial charge in [-0.05, 0) is 19.3 Å². The molecule has 1 saturated heterocycles. The van der Waals surface area contributed by atoms with Crippen LogP contribution in [-0.2, 0) is 18.9 Å². The third kappa shape index (κ3) is 8.83. The van der Waals surface area contributed by atoms with Crippen molar-refractivity contribution < 1.29 is 18.9 Å². The summed E-state index contributed by atoms with van der Waals surface area (Å²) >= 11 is 0. The molecule has 0 aromatic rings. The summed E-state index contributed by atoms with van der Waals surface area (Å²) in [6, 6.07) is 0. The van der Waals surface area contributed by atoms with Gasteiger partial charge in [0.05, 0.1) is 39.1 Å². The molecule has 1 aliphatic heterocycles. The van der Waals surface area contributed by atoms with Crippen LogP contribution >= 0.6 is 0 Å². The predicted molar refractivity (Wildman–Crippen MR) is 70.0 cm³/mol. The summed E-state index contributed by atoms with van der Waals surface area (Å²) < 4.78 is 21.2. The molecule has 0 aliphatic carbocycles. The lowest BCUT2D eigenvalue weighted by Crippen LogP contribution is -2.33. The van der Waals surface area contributed by atoms with E-state index in [4.69, 9.17) is 18.9 Å². The molecule has 0 saturated carbocycles. The highest BCUT2D eigenvalue weighted by Crippen LogP contribution is 2.11. The van der Waals surface area contributed by atoms with Gasteiger partial charge in [0.25, 0.3) is 0 Å². The first-order valence-corrected chi connectivity index (χ1v) is 6.90. The Bertz CT molecular complexity index is 174. The zero-order valence-corrected chi connectivity index (χ0v) is 11.5. The monoisotopic (exact) mass is 261 g/mol. The van der Waals surface area contributed by atoms with Crippen molar-refractivity contribution in [2.24, 2.45) is 0 Å². The van der Waals surface area contributed by atoms with Crippen molar-refractivity contribution in [3.63, 3.8) is 0 Å². The largest absolute Gasteiger partial charge is 0.382 e. The molecular formula is C13H27NO4. The van der Waals surface area contributed by atoms with E-state index in [9.17, 15) is 0 Å². The summed E-state index contributed by atoms with van der Waals surface area (Å²) in [4.78, 5) is 0. The summed E-state index contributed by atoms with van der Waals surface area (Å²) in [5.74, 6) is 0. The fourth-order valence-corrected chi connectivity index (χ4v) is 1.84. The van der Waals surface area contributed by atoms with E-state index in [-0.39, 0.29) is 0 Å². The first kappa shape index (κ1) is 15.9. The lowest BCUT2D eigenvalue weighted by molar-refractivity contribution is 0.0122. The number of hydrogen-bond donors (Lipinski definition) is 1. The molecule has 1 unspecified atom stereocenters. The lowest BCUT2D eigenvalue weighted by atomic mass is 10.1. The molecule has 0 amide bonds. The molecule has 0 spiro atoms. The highest BCUT2D eigenvalue weighted by Gasteiger charge is 2.12. The van der Waals surface area contributed by atoms with Gasteiger partial charge in [0, 0.05) is 26.8 Å². The summed E-state index contributed by atoms with van der Waals surface area (Å²) in [7, 11) is 1.67. The Balaban J connectivity index is 1.73. The Morgan fingerprint density at radius 1 is 1.06 bits per heavy atom. The smallest absolute Gasteiger partial charge is 0.0701 e. The van der Waals surface area contributed by atoms with Gasteiger partial charge in [-0.25, -0.2) is 0 Å². The van der Waals surface area contributed by atoms with E-state index >= 15 is 0 Å². The van der Waals surface area contributed by atoms with Crippen molar-refractivity contribution in [1.82, 2.24) is 5.32 Å². The number of hydrogen-bond acceptors (Lipinski definition) is 5. The van der Waals surface area contributed by atoms with Crippen LogP contribution in [0, 0.1) is 0 Å². The Kier molecular flexibility index (Phi) is 10.5. The molecule has 1 N–H and O–H groups in total. The van der Waals surface area contributed by atoms with Crippen LogP contribution in [0.15, 0.2) is 0 Å². The van der Waals surface area contributed by atoms with E-state index in [1.54, 1.807) is 7.11 Å². The first-order valence-electron chi connectivity index (χ1n) is 6.90. The SMILES string of the molecule is COCCOCCOCCNCC1CCCCO1.